The monoisotopic (exact) mass is 265 g/mol. The number of nitrogens with zero attached hydrogens (tertiary/aromatic N) is 3. The number of carbonyl (C=O) groups is 1. The van der Waals surface area contributed by atoms with Crippen LogP contribution in [0.15, 0.2) is 6.33 Å². The number of hydrogen-bond donors (Lipinski definition) is 0. The summed E-state index contributed by atoms with van der Waals surface area (Å²) in [7, 11) is 1.53. The Morgan fingerprint density at radius 2 is 2.16 bits per heavy atom. The van der Waals surface area contributed by atoms with Crippen molar-refractivity contribution in [2.24, 2.45) is 0 Å². The Hall–Kier alpha value is -1.69. The third-order valence-corrected chi connectivity index (χ3v) is 3.15. The van der Waals surface area contributed by atoms with Crippen LogP contribution in [0.1, 0.15) is 18.2 Å². The molecule has 19 heavy (non-hydrogen) atoms. The number of ether oxygens (including phenoxy) is 2. The summed E-state index contributed by atoms with van der Waals surface area (Å²) in [4.78, 5) is 22.1. The van der Waals surface area contributed by atoms with Crippen LogP contribution in [0.2, 0.25) is 0 Å². The first-order valence-corrected chi connectivity index (χ1v) is 6.48. The topological polar surface area (TPSA) is 64.6 Å². The van der Waals surface area contributed by atoms with Gasteiger partial charge in [0.15, 0.2) is 0 Å². The van der Waals surface area contributed by atoms with E-state index in [1.54, 1.807) is 4.90 Å². The van der Waals surface area contributed by atoms with Gasteiger partial charge in [0, 0.05) is 32.2 Å². The average molecular weight is 265 g/mol. The first-order valence-electron chi connectivity index (χ1n) is 6.48. The van der Waals surface area contributed by atoms with E-state index in [1.165, 1.54) is 13.4 Å². The van der Waals surface area contributed by atoms with Crippen LogP contribution in [0, 0.1) is 0 Å². The normalized spacial score (nSPS) is 14.7. The van der Waals surface area contributed by atoms with Crippen molar-refractivity contribution in [2.45, 2.75) is 19.8 Å². The van der Waals surface area contributed by atoms with E-state index in [0.29, 0.717) is 25.6 Å². The van der Waals surface area contributed by atoms with Gasteiger partial charge in [-0.05, 0) is 13.3 Å². The van der Waals surface area contributed by atoms with Gasteiger partial charge in [-0.25, -0.2) is 9.97 Å². The molecule has 0 saturated carbocycles. The Labute approximate surface area is 112 Å². The molecule has 0 fully saturated rings. The number of methoxy groups -OCH3 is 1. The Balaban J connectivity index is 2.13. The highest BCUT2D eigenvalue weighted by Crippen LogP contribution is 2.22. The summed E-state index contributed by atoms with van der Waals surface area (Å²) in [6.07, 6.45) is 2.98. The van der Waals surface area contributed by atoms with Crippen LogP contribution < -0.4 is 4.74 Å². The molecule has 1 aromatic heterocycles. The molecule has 2 rings (SSSR count). The van der Waals surface area contributed by atoms with E-state index in [4.69, 9.17) is 9.47 Å². The molecule has 1 aliphatic rings. The van der Waals surface area contributed by atoms with E-state index in [1.807, 2.05) is 6.92 Å². The first-order chi connectivity index (χ1) is 9.26. The lowest BCUT2D eigenvalue weighted by Crippen LogP contribution is -2.35. The second-order valence-corrected chi connectivity index (χ2v) is 4.35. The van der Waals surface area contributed by atoms with E-state index in [9.17, 15) is 4.79 Å². The van der Waals surface area contributed by atoms with Crippen molar-refractivity contribution in [3.63, 3.8) is 0 Å². The number of hydrogen-bond acceptors (Lipinski definition) is 5. The third-order valence-electron chi connectivity index (χ3n) is 3.15. The van der Waals surface area contributed by atoms with Crippen molar-refractivity contribution in [1.82, 2.24) is 14.9 Å². The Bertz CT molecular complexity index is 451. The van der Waals surface area contributed by atoms with Crippen LogP contribution in [-0.4, -0.2) is 54.2 Å². The highest BCUT2D eigenvalue weighted by molar-refractivity contribution is 5.77. The summed E-state index contributed by atoms with van der Waals surface area (Å²) in [5, 5.41) is 0. The molecule has 6 heteroatoms. The van der Waals surface area contributed by atoms with Crippen molar-refractivity contribution in [3.8, 4) is 5.88 Å². The fourth-order valence-corrected chi connectivity index (χ4v) is 2.22. The van der Waals surface area contributed by atoms with Crippen molar-refractivity contribution < 1.29 is 14.3 Å². The first kappa shape index (κ1) is 13.7. The van der Waals surface area contributed by atoms with Gasteiger partial charge in [0.05, 0.1) is 12.3 Å². The zero-order valence-electron chi connectivity index (χ0n) is 11.4. The molecule has 0 aliphatic carbocycles. The second-order valence-electron chi connectivity index (χ2n) is 4.35. The predicted octanol–water partition coefficient (Wildman–Crippen LogP) is 0.449. The molecule has 2 heterocycles. The molecule has 0 atom stereocenters. The summed E-state index contributed by atoms with van der Waals surface area (Å²) in [5.74, 6) is 0.662. The fourth-order valence-electron chi connectivity index (χ4n) is 2.22. The third kappa shape index (κ3) is 3.20. The van der Waals surface area contributed by atoms with Gasteiger partial charge in [-0.15, -0.1) is 0 Å². The molecule has 6 nitrogen and oxygen atoms in total. The average Bonchev–Trinajstić information content (AvgIpc) is 2.62. The maximum Gasteiger partial charge on any atom is 0.248 e. The van der Waals surface area contributed by atoms with Crippen LogP contribution in [0.4, 0.5) is 0 Å². The van der Waals surface area contributed by atoms with Crippen molar-refractivity contribution in [2.75, 3.05) is 33.4 Å². The Morgan fingerprint density at radius 3 is 2.89 bits per heavy atom. The lowest BCUT2D eigenvalue weighted by Gasteiger charge is -2.19. The summed E-state index contributed by atoms with van der Waals surface area (Å²) >= 11 is 0. The zero-order chi connectivity index (χ0) is 13.7. The highest BCUT2D eigenvalue weighted by Gasteiger charge is 2.21. The fraction of sp³-hybridized carbons (Fsp3) is 0.615. The Morgan fingerprint density at radius 1 is 1.37 bits per heavy atom. The van der Waals surface area contributed by atoms with E-state index in [-0.39, 0.29) is 12.5 Å². The quantitative estimate of drug-likeness (QED) is 0.791. The SMILES string of the molecule is CCOc1ncnc2c1CCN(C(=O)COC)CC2. The number of aromatic nitrogens is 2. The van der Waals surface area contributed by atoms with Crippen LogP contribution in [0.25, 0.3) is 0 Å². The zero-order valence-corrected chi connectivity index (χ0v) is 11.4. The molecule has 1 aromatic rings. The van der Waals surface area contributed by atoms with Gasteiger partial charge < -0.3 is 14.4 Å². The van der Waals surface area contributed by atoms with E-state index >= 15 is 0 Å². The minimum absolute atomic E-state index is 0.0150. The van der Waals surface area contributed by atoms with Gasteiger partial charge in [-0.2, -0.15) is 0 Å². The van der Waals surface area contributed by atoms with Gasteiger partial charge in [0.2, 0.25) is 11.8 Å². The van der Waals surface area contributed by atoms with Crippen LogP contribution in [0.3, 0.4) is 0 Å². The van der Waals surface area contributed by atoms with Gasteiger partial charge in [0.25, 0.3) is 0 Å². The van der Waals surface area contributed by atoms with Gasteiger partial charge >= 0.3 is 0 Å². The molecule has 0 saturated heterocycles. The van der Waals surface area contributed by atoms with Crippen molar-refractivity contribution >= 4 is 5.91 Å². The molecule has 104 valence electrons. The smallest absolute Gasteiger partial charge is 0.248 e. The molecule has 0 spiro atoms. The number of rotatable bonds is 4. The molecule has 0 unspecified atom stereocenters. The van der Waals surface area contributed by atoms with Crippen molar-refractivity contribution in [1.29, 1.82) is 0 Å². The van der Waals surface area contributed by atoms with Crippen LogP contribution in [-0.2, 0) is 22.4 Å². The largest absolute Gasteiger partial charge is 0.478 e. The minimum atomic E-state index is 0.0150. The van der Waals surface area contributed by atoms with Gasteiger partial charge in [0.1, 0.15) is 12.9 Å². The molecule has 0 N–H and O–H groups in total. The molecule has 0 radical (unpaired) electrons. The molecule has 1 aliphatic heterocycles. The standard InChI is InChI=1S/C13H19N3O3/c1-3-19-13-10-4-6-16(12(17)8-18-2)7-5-11(10)14-9-15-13/h9H,3-8H2,1-2H3. The Kier molecular flexibility index (Phi) is 4.68. The molecule has 0 bridgehead atoms. The van der Waals surface area contributed by atoms with E-state index in [0.717, 1.165) is 24.1 Å². The predicted molar refractivity (Wildman–Crippen MR) is 69.1 cm³/mol. The van der Waals surface area contributed by atoms with E-state index in [2.05, 4.69) is 9.97 Å². The minimum Gasteiger partial charge on any atom is -0.478 e. The number of amides is 1. The van der Waals surface area contributed by atoms with Gasteiger partial charge in [-0.3, -0.25) is 4.79 Å². The summed E-state index contributed by atoms with van der Waals surface area (Å²) in [6.45, 7) is 3.95. The maximum absolute atomic E-state index is 11.8. The second kappa shape index (κ2) is 6.47. The summed E-state index contributed by atoms with van der Waals surface area (Å²) in [5.41, 5.74) is 2.00. The number of carbonyl (C=O) groups excluding carboxylic acids is 1. The highest BCUT2D eigenvalue weighted by atomic mass is 16.5. The summed E-state index contributed by atoms with van der Waals surface area (Å²) < 4.78 is 10.4. The van der Waals surface area contributed by atoms with E-state index < -0.39 is 0 Å². The lowest BCUT2D eigenvalue weighted by atomic mass is 10.1. The maximum atomic E-state index is 11.8. The molecular formula is C13H19N3O3. The van der Waals surface area contributed by atoms with Crippen molar-refractivity contribution in [3.05, 3.63) is 17.6 Å². The summed E-state index contributed by atoms with van der Waals surface area (Å²) in [6, 6.07) is 0. The molecule has 1 amide bonds. The van der Waals surface area contributed by atoms with Crippen LogP contribution in [0.5, 0.6) is 5.88 Å². The van der Waals surface area contributed by atoms with Crippen LogP contribution >= 0.6 is 0 Å². The molecule has 0 aromatic carbocycles. The lowest BCUT2D eigenvalue weighted by molar-refractivity contribution is -0.135. The molecular weight excluding hydrogens is 246 g/mol. The number of fused-ring (bicyclic) bond motifs is 1. The van der Waals surface area contributed by atoms with Gasteiger partial charge in [-0.1, -0.05) is 0 Å².